The molecule has 1 aromatic carbocycles. The number of hydrogen-bond acceptors (Lipinski definition) is 8. The summed E-state index contributed by atoms with van der Waals surface area (Å²) in [6, 6.07) is 8.60. The second-order valence-corrected chi connectivity index (χ2v) is 8.27. The highest BCUT2D eigenvalue weighted by Gasteiger charge is 2.26. The summed E-state index contributed by atoms with van der Waals surface area (Å²) < 4.78 is 42.1. The first-order chi connectivity index (χ1) is 14.4. The van der Waals surface area contributed by atoms with Gasteiger partial charge in [-0.15, -0.1) is 0 Å². The minimum Gasteiger partial charge on any atom is -0.477 e. The molecule has 0 bridgehead atoms. The molecule has 1 aliphatic rings. The van der Waals surface area contributed by atoms with Crippen LogP contribution in [0, 0.1) is 0 Å². The van der Waals surface area contributed by atoms with E-state index < -0.39 is 28.4 Å². The molecule has 0 unspecified atom stereocenters. The van der Waals surface area contributed by atoms with Crippen LogP contribution in [0.25, 0.3) is 0 Å². The van der Waals surface area contributed by atoms with E-state index in [0.29, 0.717) is 19.8 Å². The van der Waals surface area contributed by atoms with Crippen molar-refractivity contribution in [2.45, 2.75) is 11.8 Å². The third kappa shape index (κ3) is 5.02. The minimum absolute atomic E-state index is 0.0923. The third-order valence-electron chi connectivity index (χ3n) is 4.39. The van der Waals surface area contributed by atoms with Crippen LogP contribution in [0.3, 0.4) is 0 Å². The number of Topliss-reactive ketones (excluding diaryl/α,β-unsaturated/α-hetero) is 1. The van der Waals surface area contributed by atoms with E-state index in [1.54, 1.807) is 13.0 Å². The van der Waals surface area contributed by atoms with E-state index in [2.05, 4.69) is 4.98 Å². The first kappa shape index (κ1) is 21.9. The topological polar surface area (TPSA) is 112 Å². The van der Waals surface area contributed by atoms with Gasteiger partial charge in [0.25, 0.3) is 0 Å². The molecule has 2 heterocycles. The van der Waals surface area contributed by atoms with Gasteiger partial charge in [-0.3, -0.25) is 4.79 Å². The lowest BCUT2D eigenvalue weighted by molar-refractivity contribution is 0.0470. The molecule has 1 aromatic heterocycles. The molecule has 0 N–H and O–H groups in total. The lowest BCUT2D eigenvalue weighted by Crippen LogP contribution is -2.40. The molecule has 1 aliphatic heterocycles. The maximum Gasteiger partial charge on any atom is 0.344 e. The number of aromatic nitrogens is 1. The summed E-state index contributed by atoms with van der Waals surface area (Å²) in [4.78, 5) is 28.7. The number of carbonyl (C=O) groups is 2. The average molecular weight is 434 g/mol. The highest BCUT2D eigenvalue weighted by Crippen LogP contribution is 2.19. The predicted molar refractivity (Wildman–Crippen MR) is 106 cm³/mol. The minimum atomic E-state index is -3.64. The summed E-state index contributed by atoms with van der Waals surface area (Å²) in [5.74, 6) is -1.05. The Balaban J connectivity index is 1.63. The van der Waals surface area contributed by atoms with Crippen molar-refractivity contribution < 1.29 is 32.2 Å². The average Bonchev–Trinajstić information content (AvgIpc) is 2.78. The summed E-state index contributed by atoms with van der Waals surface area (Å²) in [5.41, 5.74) is 0.360. The number of sulfonamides is 1. The van der Waals surface area contributed by atoms with Crippen molar-refractivity contribution in [2.75, 3.05) is 39.5 Å². The number of ether oxygens (including phenoxy) is 3. The second-order valence-electron chi connectivity index (χ2n) is 6.33. The molecular formula is C20H22N2O7S. The molecule has 0 aliphatic carbocycles. The molecule has 1 saturated heterocycles. The summed E-state index contributed by atoms with van der Waals surface area (Å²) in [6.07, 6.45) is 1.49. The van der Waals surface area contributed by atoms with Crippen molar-refractivity contribution in [3.8, 4) is 5.88 Å². The first-order valence-electron chi connectivity index (χ1n) is 9.39. The van der Waals surface area contributed by atoms with E-state index in [-0.39, 0.29) is 35.0 Å². The molecule has 0 amide bonds. The van der Waals surface area contributed by atoms with Crippen LogP contribution in [0.2, 0.25) is 0 Å². The zero-order valence-corrected chi connectivity index (χ0v) is 17.3. The maximum absolute atomic E-state index is 12.6. The number of benzene rings is 1. The fourth-order valence-corrected chi connectivity index (χ4v) is 4.25. The normalized spacial score (nSPS) is 14.8. The Hall–Kier alpha value is -2.82. The fraction of sp³-hybridized carbons (Fsp3) is 0.350. The van der Waals surface area contributed by atoms with Gasteiger partial charge in [0.15, 0.2) is 12.4 Å². The molecule has 0 spiro atoms. The lowest BCUT2D eigenvalue weighted by atomic mass is 10.1. The van der Waals surface area contributed by atoms with Crippen LogP contribution in [0.5, 0.6) is 5.88 Å². The van der Waals surface area contributed by atoms with Crippen molar-refractivity contribution >= 4 is 21.8 Å². The van der Waals surface area contributed by atoms with Crippen LogP contribution in [0.15, 0.2) is 47.5 Å². The smallest absolute Gasteiger partial charge is 0.344 e. The van der Waals surface area contributed by atoms with Gasteiger partial charge in [-0.1, -0.05) is 0 Å². The molecule has 10 heteroatoms. The van der Waals surface area contributed by atoms with Gasteiger partial charge in [-0.25, -0.2) is 18.2 Å². The molecule has 0 radical (unpaired) electrons. The summed E-state index contributed by atoms with van der Waals surface area (Å²) in [6.45, 7) is 2.88. The number of nitrogens with zero attached hydrogens (tertiary/aromatic N) is 2. The molecule has 1 fully saturated rings. The van der Waals surface area contributed by atoms with Gasteiger partial charge >= 0.3 is 5.97 Å². The van der Waals surface area contributed by atoms with Crippen LogP contribution < -0.4 is 4.74 Å². The quantitative estimate of drug-likeness (QED) is 0.454. The largest absolute Gasteiger partial charge is 0.477 e. The summed E-state index contributed by atoms with van der Waals surface area (Å²) in [5, 5.41) is 0. The predicted octanol–water partition coefficient (Wildman–Crippen LogP) is 1.54. The number of esters is 1. The summed E-state index contributed by atoms with van der Waals surface area (Å²) >= 11 is 0. The highest BCUT2D eigenvalue weighted by atomic mass is 32.2. The first-order valence-corrected chi connectivity index (χ1v) is 10.8. The Labute approximate surface area is 174 Å². The standard InChI is InChI=1S/C20H22N2O7S/c1-2-28-19-17(4-3-9-21-19)20(24)29-14-18(23)15-5-7-16(8-6-15)30(25,26)22-10-12-27-13-11-22/h3-9H,2,10-14H2,1H3. The van der Waals surface area contributed by atoms with Gasteiger partial charge in [0, 0.05) is 24.8 Å². The van der Waals surface area contributed by atoms with Gasteiger partial charge in [-0.05, 0) is 43.3 Å². The number of rotatable bonds is 8. The summed E-state index contributed by atoms with van der Waals surface area (Å²) in [7, 11) is -3.64. The van der Waals surface area contributed by atoms with E-state index in [1.165, 1.54) is 40.8 Å². The molecule has 0 saturated carbocycles. The number of pyridine rings is 1. The van der Waals surface area contributed by atoms with Crippen LogP contribution in [0.1, 0.15) is 27.6 Å². The molecule has 160 valence electrons. The van der Waals surface area contributed by atoms with Crippen molar-refractivity contribution in [1.82, 2.24) is 9.29 Å². The molecule has 9 nitrogen and oxygen atoms in total. The van der Waals surface area contributed by atoms with Crippen LogP contribution in [0.4, 0.5) is 0 Å². The Morgan fingerprint density at radius 2 is 1.83 bits per heavy atom. The van der Waals surface area contributed by atoms with Gasteiger partial charge in [0.05, 0.1) is 24.7 Å². The van der Waals surface area contributed by atoms with Gasteiger partial charge < -0.3 is 14.2 Å². The molecule has 30 heavy (non-hydrogen) atoms. The van der Waals surface area contributed by atoms with Crippen LogP contribution in [-0.2, 0) is 19.5 Å². The monoisotopic (exact) mass is 434 g/mol. The number of morpholine rings is 1. The van der Waals surface area contributed by atoms with Crippen molar-refractivity contribution in [2.24, 2.45) is 0 Å². The number of ketones is 1. The van der Waals surface area contributed by atoms with Gasteiger partial charge in [0.2, 0.25) is 15.9 Å². The fourth-order valence-electron chi connectivity index (χ4n) is 2.84. The third-order valence-corrected chi connectivity index (χ3v) is 6.30. The van der Waals surface area contributed by atoms with Gasteiger partial charge in [0.1, 0.15) is 5.56 Å². The zero-order chi connectivity index (χ0) is 21.6. The van der Waals surface area contributed by atoms with Crippen LogP contribution in [-0.4, -0.2) is 69.0 Å². The lowest BCUT2D eigenvalue weighted by Gasteiger charge is -2.26. The molecule has 2 aromatic rings. The number of hydrogen-bond donors (Lipinski definition) is 0. The zero-order valence-electron chi connectivity index (χ0n) is 16.4. The SMILES string of the molecule is CCOc1ncccc1C(=O)OCC(=O)c1ccc(S(=O)(=O)N2CCOCC2)cc1. The van der Waals surface area contributed by atoms with E-state index >= 15 is 0 Å². The molecular weight excluding hydrogens is 412 g/mol. The van der Waals surface area contributed by atoms with Crippen LogP contribution >= 0.6 is 0 Å². The highest BCUT2D eigenvalue weighted by molar-refractivity contribution is 7.89. The van der Waals surface area contributed by atoms with E-state index in [9.17, 15) is 18.0 Å². The van der Waals surface area contributed by atoms with E-state index in [4.69, 9.17) is 14.2 Å². The van der Waals surface area contributed by atoms with E-state index in [1.807, 2.05) is 0 Å². The van der Waals surface area contributed by atoms with Crippen molar-refractivity contribution in [3.63, 3.8) is 0 Å². The van der Waals surface area contributed by atoms with Crippen molar-refractivity contribution in [1.29, 1.82) is 0 Å². The molecule has 3 rings (SSSR count). The van der Waals surface area contributed by atoms with Crippen molar-refractivity contribution in [3.05, 3.63) is 53.7 Å². The Morgan fingerprint density at radius 3 is 2.50 bits per heavy atom. The van der Waals surface area contributed by atoms with E-state index in [0.717, 1.165) is 0 Å². The Bertz CT molecular complexity index is 1000. The number of carbonyl (C=O) groups excluding carboxylic acids is 2. The maximum atomic E-state index is 12.6. The Morgan fingerprint density at radius 1 is 1.13 bits per heavy atom. The second kappa shape index (κ2) is 9.79. The molecule has 0 atom stereocenters. The Kier molecular flexibility index (Phi) is 7.14. The van der Waals surface area contributed by atoms with Gasteiger partial charge in [-0.2, -0.15) is 4.31 Å².